The van der Waals surface area contributed by atoms with Gasteiger partial charge in [-0.3, -0.25) is 4.90 Å². The molecule has 0 radical (unpaired) electrons. The summed E-state index contributed by atoms with van der Waals surface area (Å²) in [4.78, 5) is 24.7. The highest BCUT2D eigenvalue weighted by atomic mass is 19.1. The van der Waals surface area contributed by atoms with Crippen LogP contribution in [0.2, 0.25) is 0 Å². The zero-order chi connectivity index (χ0) is 17.2. The van der Waals surface area contributed by atoms with Crippen molar-refractivity contribution in [3.05, 3.63) is 35.6 Å². The van der Waals surface area contributed by atoms with E-state index >= 15 is 0 Å². The second-order valence-corrected chi connectivity index (χ2v) is 6.90. The van der Waals surface area contributed by atoms with Gasteiger partial charge in [0, 0.05) is 6.54 Å². The maximum Gasteiger partial charge on any atom is 0.410 e. The van der Waals surface area contributed by atoms with Gasteiger partial charge in [0.25, 0.3) is 0 Å². The molecule has 1 amide bonds. The number of rotatable bonds is 3. The number of carbonyl (C=O) groups excluding carboxylic acids is 2. The molecule has 23 heavy (non-hydrogen) atoms. The van der Waals surface area contributed by atoms with Crippen molar-refractivity contribution in [3.8, 4) is 0 Å². The van der Waals surface area contributed by atoms with Gasteiger partial charge >= 0.3 is 6.09 Å². The minimum Gasteiger partial charge on any atom is -0.548 e. The fourth-order valence-corrected chi connectivity index (χ4v) is 2.81. The molecule has 1 aromatic carbocycles. The molecule has 0 saturated carbocycles. The summed E-state index contributed by atoms with van der Waals surface area (Å²) < 4.78 is 18.5. The van der Waals surface area contributed by atoms with Gasteiger partial charge in [-0.1, -0.05) is 12.1 Å². The van der Waals surface area contributed by atoms with E-state index in [1.807, 2.05) is 0 Å². The summed E-state index contributed by atoms with van der Waals surface area (Å²) in [5.41, 5.74) is 0.0759. The number of benzene rings is 1. The summed E-state index contributed by atoms with van der Waals surface area (Å²) in [5, 5.41) is 11.3. The topological polar surface area (TPSA) is 69.7 Å². The fraction of sp³-hybridized carbons (Fsp3) is 0.529. The third-order valence-electron chi connectivity index (χ3n) is 3.70. The van der Waals surface area contributed by atoms with E-state index in [1.54, 1.807) is 32.9 Å². The van der Waals surface area contributed by atoms with Crippen molar-refractivity contribution in [2.24, 2.45) is 5.92 Å². The Morgan fingerprint density at radius 1 is 1.39 bits per heavy atom. The van der Waals surface area contributed by atoms with E-state index in [2.05, 4.69) is 0 Å². The summed E-state index contributed by atoms with van der Waals surface area (Å²) in [6.07, 6.45) is 0.118. The van der Waals surface area contributed by atoms with Crippen molar-refractivity contribution in [1.82, 2.24) is 4.90 Å². The van der Waals surface area contributed by atoms with Crippen molar-refractivity contribution < 1.29 is 23.8 Å². The normalized spacial score (nSPS) is 21.3. The van der Waals surface area contributed by atoms with Crippen LogP contribution in [0, 0.1) is 11.7 Å². The Morgan fingerprint density at radius 3 is 2.65 bits per heavy atom. The lowest BCUT2D eigenvalue weighted by atomic mass is 9.97. The zero-order valence-corrected chi connectivity index (χ0v) is 13.5. The van der Waals surface area contributed by atoms with E-state index in [0.717, 1.165) is 5.56 Å². The van der Waals surface area contributed by atoms with Crippen molar-refractivity contribution in [1.29, 1.82) is 0 Å². The monoisotopic (exact) mass is 322 g/mol. The average Bonchev–Trinajstić information content (AvgIpc) is 2.81. The van der Waals surface area contributed by atoms with Gasteiger partial charge < -0.3 is 14.6 Å². The minimum absolute atomic E-state index is 0.0766. The third-order valence-corrected chi connectivity index (χ3v) is 3.70. The Balaban J connectivity index is 2.08. The van der Waals surface area contributed by atoms with Crippen molar-refractivity contribution >= 4 is 12.1 Å². The Hall–Kier alpha value is -2.11. The summed E-state index contributed by atoms with van der Waals surface area (Å²) in [6, 6.07) is 5.16. The Kier molecular flexibility index (Phi) is 4.92. The van der Waals surface area contributed by atoms with Gasteiger partial charge in [-0.05, 0) is 57.2 Å². The molecule has 1 fully saturated rings. The lowest BCUT2D eigenvalue weighted by Crippen LogP contribution is -2.48. The smallest absolute Gasteiger partial charge is 0.410 e. The van der Waals surface area contributed by atoms with Crippen LogP contribution in [0.25, 0.3) is 0 Å². The van der Waals surface area contributed by atoms with Crippen LogP contribution >= 0.6 is 0 Å². The number of likely N-dealkylation sites (tertiary alicyclic amines) is 1. The van der Waals surface area contributed by atoms with Crippen LogP contribution in [-0.2, 0) is 16.0 Å². The number of aliphatic carboxylic acids is 1. The molecule has 2 atom stereocenters. The highest BCUT2D eigenvalue weighted by molar-refractivity contribution is 5.79. The highest BCUT2D eigenvalue weighted by Crippen LogP contribution is 2.28. The number of carboxylic acids is 1. The molecule has 1 aliphatic rings. The van der Waals surface area contributed by atoms with Crippen LogP contribution in [-0.4, -0.2) is 35.2 Å². The summed E-state index contributed by atoms with van der Waals surface area (Å²) in [6.45, 7) is 5.42. The first-order valence-corrected chi connectivity index (χ1v) is 7.60. The first-order chi connectivity index (χ1) is 10.7. The first-order valence-electron chi connectivity index (χ1n) is 7.60. The molecule has 0 aromatic heterocycles. The molecule has 5 nitrogen and oxygen atoms in total. The molecule has 126 valence electrons. The van der Waals surface area contributed by atoms with Crippen molar-refractivity contribution in [2.45, 2.75) is 45.3 Å². The molecule has 2 rings (SSSR count). The number of hydrogen-bond donors (Lipinski definition) is 0. The number of halogens is 1. The van der Waals surface area contributed by atoms with E-state index < -0.39 is 23.7 Å². The van der Waals surface area contributed by atoms with Gasteiger partial charge in [-0.2, -0.15) is 0 Å². The molecule has 1 heterocycles. The van der Waals surface area contributed by atoms with E-state index in [0.29, 0.717) is 6.42 Å². The van der Waals surface area contributed by atoms with E-state index in [1.165, 1.54) is 17.0 Å². The number of nitrogens with zero attached hydrogens (tertiary/aromatic N) is 1. The largest absolute Gasteiger partial charge is 0.548 e. The molecular formula is C17H21FNO4-. The van der Waals surface area contributed by atoms with Crippen LogP contribution in [0.15, 0.2) is 24.3 Å². The first kappa shape index (κ1) is 17.2. The van der Waals surface area contributed by atoms with Crippen LogP contribution in [0.5, 0.6) is 0 Å². The van der Waals surface area contributed by atoms with Crippen LogP contribution in [0.1, 0.15) is 32.8 Å². The molecule has 0 spiro atoms. The van der Waals surface area contributed by atoms with E-state index in [9.17, 15) is 19.1 Å². The van der Waals surface area contributed by atoms with Crippen molar-refractivity contribution in [3.63, 3.8) is 0 Å². The van der Waals surface area contributed by atoms with Crippen molar-refractivity contribution in [2.75, 3.05) is 6.54 Å². The fourth-order valence-electron chi connectivity index (χ4n) is 2.81. The second-order valence-electron chi connectivity index (χ2n) is 6.90. The second kappa shape index (κ2) is 6.56. The molecular weight excluding hydrogens is 301 g/mol. The number of carboxylic acid groups (broad SMARTS) is 1. The van der Waals surface area contributed by atoms with Crippen LogP contribution in [0.3, 0.4) is 0 Å². The minimum atomic E-state index is -1.29. The molecule has 0 aliphatic carbocycles. The molecule has 0 unspecified atom stereocenters. The number of ether oxygens (including phenoxy) is 1. The van der Waals surface area contributed by atoms with E-state index in [4.69, 9.17) is 4.74 Å². The zero-order valence-electron chi connectivity index (χ0n) is 13.5. The van der Waals surface area contributed by atoms with Gasteiger partial charge in [0.1, 0.15) is 11.4 Å². The van der Waals surface area contributed by atoms with Crippen LogP contribution < -0.4 is 5.11 Å². The van der Waals surface area contributed by atoms with Gasteiger partial charge in [-0.15, -0.1) is 0 Å². The Labute approximate surface area is 135 Å². The molecule has 1 aromatic rings. The third kappa shape index (κ3) is 4.68. The highest BCUT2D eigenvalue weighted by Gasteiger charge is 2.38. The van der Waals surface area contributed by atoms with Gasteiger partial charge in [0.2, 0.25) is 0 Å². The number of hydrogen-bond acceptors (Lipinski definition) is 4. The number of amides is 1. The van der Waals surface area contributed by atoms with E-state index in [-0.39, 0.29) is 24.7 Å². The van der Waals surface area contributed by atoms with Gasteiger partial charge in [0.15, 0.2) is 0 Å². The molecule has 6 heteroatoms. The molecule has 1 saturated heterocycles. The predicted molar refractivity (Wildman–Crippen MR) is 79.9 cm³/mol. The SMILES string of the molecule is CC(C)(C)OC(=O)N1C[C@H](Cc2cccc(F)c2)C[C@H]1C(=O)[O-]. The lowest BCUT2D eigenvalue weighted by Gasteiger charge is -2.28. The van der Waals surface area contributed by atoms with Gasteiger partial charge in [0.05, 0.1) is 12.0 Å². The van der Waals surface area contributed by atoms with Gasteiger partial charge in [-0.25, -0.2) is 9.18 Å². The quantitative estimate of drug-likeness (QED) is 0.850. The average molecular weight is 322 g/mol. The molecule has 0 bridgehead atoms. The summed E-state index contributed by atoms with van der Waals surface area (Å²) in [5.74, 6) is -1.70. The molecule has 1 aliphatic heterocycles. The predicted octanol–water partition coefficient (Wildman–Crippen LogP) is 1.74. The lowest BCUT2D eigenvalue weighted by molar-refractivity contribution is -0.310. The maximum atomic E-state index is 13.2. The molecule has 0 N–H and O–H groups in total. The summed E-state index contributed by atoms with van der Waals surface area (Å²) in [7, 11) is 0. The summed E-state index contributed by atoms with van der Waals surface area (Å²) >= 11 is 0. The van der Waals surface area contributed by atoms with Crippen LogP contribution in [0.4, 0.5) is 9.18 Å². The standard InChI is InChI=1S/C17H22FNO4/c1-17(2,3)23-16(22)19-10-12(9-14(19)15(20)21)7-11-5-4-6-13(18)8-11/h4-6,8,12,14H,7,9-10H2,1-3H3,(H,20,21)/p-1/t12-,14+/m1/s1. The maximum absolute atomic E-state index is 13.2. The Bertz CT molecular complexity index is 597. The Morgan fingerprint density at radius 2 is 2.09 bits per heavy atom. The number of carbonyl (C=O) groups is 2.